The van der Waals surface area contributed by atoms with Crippen LogP contribution in [0.3, 0.4) is 0 Å². The molecule has 1 aromatic rings. The van der Waals surface area contributed by atoms with Crippen LogP contribution in [-0.2, 0) is 15.3 Å². The summed E-state index contributed by atoms with van der Waals surface area (Å²) in [5, 5.41) is 0.181. The molecule has 8 heteroatoms. The molecule has 0 aliphatic rings. The van der Waals surface area contributed by atoms with Gasteiger partial charge in [0.05, 0.1) is 0 Å². The summed E-state index contributed by atoms with van der Waals surface area (Å²) in [6.45, 7) is 0. The Morgan fingerprint density at radius 2 is 1.44 bits per heavy atom. The molecule has 0 N–H and O–H groups in total. The van der Waals surface area contributed by atoms with Crippen molar-refractivity contribution in [3.05, 3.63) is 34.9 Å². The second-order valence-corrected chi connectivity index (χ2v) is 3.52. The molecule has 0 aliphatic carbocycles. The number of hydrogen-bond acceptors (Lipinski definition) is 4. The second kappa shape index (κ2) is 5.14. The molecule has 0 unspecified atom stereocenters. The third kappa shape index (κ3) is 2.49. The van der Waals surface area contributed by atoms with Crippen molar-refractivity contribution in [2.45, 2.75) is 11.8 Å². The Hall–Kier alpha value is -1.94. The highest BCUT2D eigenvalue weighted by atomic mass is 35.5. The molecule has 0 aliphatic heterocycles. The van der Waals surface area contributed by atoms with Crippen molar-refractivity contribution in [3.63, 3.8) is 0 Å². The van der Waals surface area contributed by atoms with Gasteiger partial charge in [-0.3, -0.25) is 0 Å². The van der Waals surface area contributed by atoms with E-state index in [1.54, 1.807) is 0 Å². The van der Waals surface area contributed by atoms with Crippen molar-refractivity contribution in [2.75, 3.05) is 0 Å². The molecule has 0 fully saturated rings. The predicted octanol–water partition coefficient (Wildman–Crippen LogP) is 2.73. The van der Waals surface area contributed by atoms with Crippen LogP contribution in [0, 0.1) is 0 Å². The number of halogens is 4. The van der Waals surface area contributed by atoms with Gasteiger partial charge in [0.2, 0.25) is 12.2 Å². The Morgan fingerprint density at radius 1 is 1.00 bits per heavy atom. The van der Waals surface area contributed by atoms with Crippen LogP contribution >= 0.6 is 11.6 Å². The van der Waals surface area contributed by atoms with E-state index in [1.807, 2.05) is 0 Å². The summed E-state index contributed by atoms with van der Waals surface area (Å²) in [5.74, 6) is 0. The van der Waals surface area contributed by atoms with E-state index in [4.69, 9.17) is 11.6 Å². The molecule has 1 rings (SSSR count). The number of benzene rings is 1. The molecule has 0 heterocycles. The minimum Gasteiger partial charge on any atom is -0.211 e. The molecule has 0 aromatic heterocycles. The zero-order valence-corrected chi connectivity index (χ0v) is 9.29. The van der Waals surface area contributed by atoms with Gasteiger partial charge in [0.15, 0.2) is 0 Å². The molecular formula is C10H4ClF3N2O2. The fraction of sp³-hybridized carbons (Fsp3) is 0.200. The lowest BCUT2D eigenvalue weighted by Gasteiger charge is -2.25. The molecule has 0 amide bonds. The van der Waals surface area contributed by atoms with Gasteiger partial charge in [-0.05, 0) is 12.1 Å². The van der Waals surface area contributed by atoms with E-state index in [2.05, 4.69) is 9.98 Å². The van der Waals surface area contributed by atoms with Gasteiger partial charge in [0, 0.05) is 10.6 Å². The Balaban J connectivity index is 3.58. The van der Waals surface area contributed by atoms with Crippen molar-refractivity contribution >= 4 is 23.8 Å². The summed E-state index contributed by atoms with van der Waals surface area (Å²) in [7, 11) is 0. The maximum absolute atomic E-state index is 13.0. The van der Waals surface area contributed by atoms with Crippen LogP contribution in [0.5, 0.6) is 0 Å². The lowest BCUT2D eigenvalue weighted by atomic mass is 10.00. The molecule has 1 aromatic carbocycles. The van der Waals surface area contributed by atoms with Crippen LogP contribution < -0.4 is 0 Å². The van der Waals surface area contributed by atoms with Gasteiger partial charge in [0.1, 0.15) is 0 Å². The minimum atomic E-state index is -5.09. The van der Waals surface area contributed by atoms with Crippen molar-refractivity contribution in [1.82, 2.24) is 0 Å². The van der Waals surface area contributed by atoms with Crippen molar-refractivity contribution in [2.24, 2.45) is 9.98 Å². The molecule has 0 atom stereocenters. The van der Waals surface area contributed by atoms with E-state index in [-0.39, 0.29) is 5.02 Å². The highest BCUT2D eigenvalue weighted by Gasteiger charge is 2.58. The molecule has 94 valence electrons. The van der Waals surface area contributed by atoms with Crippen LogP contribution in [0.1, 0.15) is 5.56 Å². The van der Waals surface area contributed by atoms with Crippen molar-refractivity contribution in [1.29, 1.82) is 0 Å². The molecule has 0 saturated heterocycles. The van der Waals surface area contributed by atoms with E-state index in [0.29, 0.717) is 0 Å². The van der Waals surface area contributed by atoms with Gasteiger partial charge in [-0.25, -0.2) is 9.59 Å². The predicted molar refractivity (Wildman–Crippen MR) is 55.4 cm³/mol. The van der Waals surface area contributed by atoms with E-state index >= 15 is 0 Å². The lowest BCUT2D eigenvalue weighted by Crippen LogP contribution is -2.38. The largest absolute Gasteiger partial charge is 0.440 e. The topological polar surface area (TPSA) is 58.9 Å². The third-order valence-electron chi connectivity index (χ3n) is 2.06. The zero-order valence-electron chi connectivity index (χ0n) is 8.53. The molecular weight excluding hydrogens is 273 g/mol. The first kappa shape index (κ1) is 14.1. The van der Waals surface area contributed by atoms with Crippen molar-refractivity contribution in [3.8, 4) is 0 Å². The van der Waals surface area contributed by atoms with Gasteiger partial charge in [-0.2, -0.15) is 23.2 Å². The molecule has 4 nitrogen and oxygen atoms in total. The van der Waals surface area contributed by atoms with Gasteiger partial charge in [-0.15, -0.1) is 0 Å². The zero-order chi connectivity index (χ0) is 13.8. The standard InChI is InChI=1S/C10H4ClF3N2O2/c11-8-3-1-7(2-4-8)9(15-5-17,16-6-18)10(12,13)14/h1-4H. The summed E-state index contributed by atoms with van der Waals surface area (Å²) in [5.41, 5.74) is -3.87. The number of isocyanates is 2. The number of nitrogens with zero attached hydrogens (tertiary/aromatic N) is 2. The van der Waals surface area contributed by atoms with E-state index in [1.165, 1.54) is 0 Å². The highest BCUT2D eigenvalue weighted by molar-refractivity contribution is 6.30. The Kier molecular flexibility index (Phi) is 4.03. The summed E-state index contributed by atoms with van der Waals surface area (Å²) in [4.78, 5) is 25.6. The summed E-state index contributed by atoms with van der Waals surface area (Å²) in [6.07, 6.45) is -3.56. The lowest BCUT2D eigenvalue weighted by molar-refractivity contribution is -0.186. The maximum atomic E-state index is 13.0. The first-order valence-corrected chi connectivity index (χ1v) is 4.76. The molecule has 0 spiro atoms. The van der Waals surface area contributed by atoms with Crippen LogP contribution in [0.4, 0.5) is 13.2 Å². The second-order valence-electron chi connectivity index (χ2n) is 3.08. The van der Waals surface area contributed by atoms with Crippen LogP contribution in [0.15, 0.2) is 34.3 Å². The van der Waals surface area contributed by atoms with Crippen LogP contribution in [-0.4, -0.2) is 18.3 Å². The normalized spacial score (nSPS) is 14.0. The Bertz CT molecular complexity index is 511. The van der Waals surface area contributed by atoms with Crippen LogP contribution in [0.2, 0.25) is 5.02 Å². The average molecular weight is 277 g/mol. The van der Waals surface area contributed by atoms with Gasteiger partial charge < -0.3 is 0 Å². The van der Waals surface area contributed by atoms with Crippen molar-refractivity contribution < 1.29 is 22.8 Å². The molecule has 0 bridgehead atoms. The number of carbonyl (C=O) groups excluding carboxylic acids is 2. The number of hydrogen-bond donors (Lipinski definition) is 0. The Labute approximate surface area is 104 Å². The summed E-state index contributed by atoms with van der Waals surface area (Å²) < 4.78 is 38.9. The highest BCUT2D eigenvalue weighted by Crippen LogP contribution is 2.43. The van der Waals surface area contributed by atoms with E-state index < -0.39 is 17.4 Å². The molecule has 0 saturated carbocycles. The quantitative estimate of drug-likeness (QED) is 0.629. The number of alkyl halides is 3. The van der Waals surface area contributed by atoms with E-state index in [0.717, 1.165) is 36.4 Å². The Morgan fingerprint density at radius 3 is 1.78 bits per heavy atom. The van der Waals surface area contributed by atoms with Crippen LogP contribution in [0.25, 0.3) is 0 Å². The average Bonchev–Trinajstić information content (AvgIpc) is 2.28. The fourth-order valence-corrected chi connectivity index (χ4v) is 1.38. The third-order valence-corrected chi connectivity index (χ3v) is 2.31. The summed E-state index contributed by atoms with van der Waals surface area (Å²) >= 11 is 5.53. The van der Waals surface area contributed by atoms with E-state index in [9.17, 15) is 22.8 Å². The van der Waals surface area contributed by atoms with Gasteiger partial charge >= 0.3 is 6.18 Å². The summed E-state index contributed by atoms with van der Waals surface area (Å²) in [6, 6.07) is 4.21. The number of rotatable bonds is 3. The number of aliphatic imine (C=N–C) groups is 2. The maximum Gasteiger partial charge on any atom is 0.440 e. The first-order chi connectivity index (χ1) is 8.37. The molecule has 0 radical (unpaired) electrons. The fourth-order valence-electron chi connectivity index (χ4n) is 1.26. The van der Waals surface area contributed by atoms with Gasteiger partial charge in [0.25, 0.3) is 5.66 Å². The minimum absolute atomic E-state index is 0.181. The monoisotopic (exact) mass is 276 g/mol. The SMILES string of the molecule is O=C=NC(N=C=O)(c1ccc(Cl)cc1)C(F)(F)F. The first-order valence-electron chi connectivity index (χ1n) is 4.38. The smallest absolute Gasteiger partial charge is 0.211 e. The van der Waals surface area contributed by atoms with Gasteiger partial charge in [-0.1, -0.05) is 23.7 Å². The molecule has 18 heavy (non-hydrogen) atoms.